The molecule has 0 saturated carbocycles. The van der Waals surface area contributed by atoms with E-state index in [4.69, 9.17) is 20.2 Å². The molecule has 1 aromatic carbocycles. The second kappa shape index (κ2) is 8.08. The molecular formula is C12H15ClO6S. The highest BCUT2D eigenvalue weighted by molar-refractivity contribution is 8.13. The summed E-state index contributed by atoms with van der Waals surface area (Å²) in [5, 5.41) is 0. The molecule has 112 valence electrons. The predicted octanol–water partition coefficient (Wildman–Crippen LogP) is 1.44. The van der Waals surface area contributed by atoms with E-state index < -0.39 is 15.0 Å². The molecule has 0 aromatic heterocycles. The first-order chi connectivity index (χ1) is 9.42. The van der Waals surface area contributed by atoms with E-state index in [1.54, 1.807) is 24.3 Å². The zero-order chi connectivity index (χ0) is 15.0. The van der Waals surface area contributed by atoms with Crippen molar-refractivity contribution in [3.8, 4) is 5.75 Å². The maximum absolute atomic E-state index is 11.3. The molecule has 0 aliphatic carbocycles. The molecule has 1 aromatic rings. The van der Waals surface area contributed by atoms with Gasteiger partial charge in [-0.2, -0.15) is 0 Å². The van der Waals surface area contributed by atoms with Crippen molar-refractivity contribution in [2.24, 2.45) is 0 Å². The van der Waals surface area contributed by atoms with Crippen LogP contribution in [0.3, 0.4) is 0 Å². The molecule has 0 N–H and O–H groups in total. The van der Waals surface area contributed by atoms with Crippen molar-refractivity contribution < 1.29 is 27.4 Å². The molecule has 0 unspecified atom stereocenters. The lowest BCUT2D eigenvalue weighted by Gasteiger charge is -2.07. The molecule has 20 heavy (non-hydrogen) atoms. The summed E-state index contributed by atoms with van der Waals surface area (Å²) >= 11 is 0. The lowest BCUT2D eigenvalue weighted by Crippen LogP contribution is -2.12. The minimum absolute atomic E-state index is 0.0113. The van der Waals surface area contributed by atoms with Gasteiger partial charge in [0, 0.05) is 10.7 Å². The molecular weight excluding hydrogens is 308 g/mol. The van der Waals surface area contributed by atoms with Crippen LogP contribution in [0.5, 0.6) is 5.75 Å². The van der Waals surface area contributed by atoms with Gasteiger partial charge in [0.1, 0.15) is 12.4 Å². The number of carbonyl (C=O) groups is 1. The number of halogens is 1. The molecule has 0 amide bonds. The molecule has 0 radical (unpaired) electrons. The smallest absolute Gasteiger partial charge is 0.337 e. The minimum atomic E-state index is -3.53. The van der Waals surface area contributed by atoms with Crippen LogP contribution in [-0.4, -0.2) is 47.1 Å². The van der Waals surface area contributed by atoms with Crippen molar-refractivity contribution >= 4 is 25.7 Å². The normalized spacial score (nSPS) is 11.1. The van der Waals surface area contributed by atoms with Crippen molar-refractivity contribution in [1.29, 1.82) is 0 Å². The van der Waals surface area contributed by atoms with E-state index in [0.29, 0.717) is 11.3 Å². The molecule has 0 aliphatic heterocycles. The molecule has 6 nitrogen and oxygen atoms in total. The summed E-state index contributed by atoms with van der Waals surface area (Å²) in [7, 11) is 2.79. The summed E-state index contributed by atoms with van der Waals surface area (Å²) in [5.74, 6) is -0.188. The standard InChI is InChI=1S/C12H15ClO6S/c1-17-12(14)10-3-2-4-11(9-10)19-6-5-18-7-8-20(13,15)16/h2-4,9H,5-8H2,1H3. The Morgan fingerprint density at radius 2 is 2.00 bits per heavy atom. The molecule has 0 fully saturated rings. The highest BCUT2D eigenvalue weighted by atomic mass is 35.7. The third kappa shape index (κ3) is 6.74. The lowest BCUT2D eigenvalue weighted by molar-refractivity contribution is 0.0600. The number of carbonyl (C=O) groups excluding carboxylic acids is 1. The van der Waals surface area contributed by atoms with E-state index >= 15 is 0 Å². The average Bonchev–Trinajstić information content (AvgIpc) is 2.41. The first kappa shape index (κ1) is 16.7. The van der Waals surface area contributed by atoms with Crippen LogP contribution in [0.15, 0.2) is 24.3 Å². The van der Waals surface area contributed by atoms with E-state index in [0.717, 1.165) is 0 Å². The molecule has 0 bridgehead atoms. The highest BCUT2D eigenvalue weighted by Gasteiger charge is 2.06. The van der Waals surface area contributed by atoms with Gasteiger partial charge in [0.25, 0.3) is 0 Å². The highest BCUT2D eigenvalue weighted by Crippen LogP contribution is 2.13. The van der Waals surface area contributed by atoms with Crippen LogP contribution in [0.25, 0.3) is 0 Å². The Labute approximate surface area is 122 Å². The summed E-state index contributed by atoms with van der Waals surface area (Å²) in [6, 6.07) is 6.52. The van der Waals surface area contributed by atoms with Gasteiger partial charge in [0.15, 0.2) is 0 Å². The number of hydrogen-bond donors (Lipinski definition) is 0. The first-order valence-corrected chi connectivity index (χ1v) is 8.21. The Kier molecular flexibility index (Phi) is 6.77. The van der Waals surface area contributed by atoms with Gasteiger partial charge < -0.3 is 14.2 Å². The van der Waals surface area contributed by atoms with Gasteiger partial charge in [-0.05, 0) is 18.2 Å². The van der Waals surface area contributed by atoms with Crippen LogP contribution in [-0.2, 0) is 18.5 Å². The Bertz CT molecular complexity index is 543. The predicted molar refractivity (Wildman–Crippen MR) is 73.7 cm³/mol. The van der Waals surface area contributed by atoms with E-state index in [2.05, 4.69) is 4.74 Å². The number of ether oxygens (including phenoxy) is 3. The fourth-order valence-corrected chi connectivity index (χ4v) is 1.82. The van der Waals surface area contributed by atoms with Crippen LogP contribution in [0.1, 0.15) is 10.4 Å². The van der Waals surface area contributed by atoms with Crippen molar-refractivity contribution in [2.45, 2.75) is 0 Å². The van der Waals surface area contributed by atoms with Crippen molar-refractivity contribution in [1.82, 2.24) is 0 Å². The van der Waals surface area contributed by atoms with E-state index in [1.807, 2.05) is 0 Å². The number of rotatable bonds is 8. The maximum Gasteiger partial charge on any atom is 0.337 e. The summed E-state index contributed by atoms with van der Waals surface area (Å²) in [5.41, 5.74) is 0.388. The van der Waals surface area contributed by atoms with Crippen LogP contribution in [0.4, 0.5) is 0 Å². The third-order valence-corrected chi connectivity index (χ3v) is 3.34. The van der Waals surface area contributed by atoms with E-state index in [1.165, 1.54) is 7.11 Å². The Morgan fingerprint density at radius 3 is 2.65 bits per heavy atom. The Hall–Kier alpha value is -1.31. The summed E-state index contributed by atoms with van der Waals surface area (Å²) < 4.78 is 36.3. The molecule has 0 atom stereocenters. The SMILES string of the molecule is COC(=O)c1cccc(OCCOCCS(=O)(=O)Cl)c1. The van der Waals surface area contributed by atoms with Crippen molar-refractivity contribution in [2.75, 3.05) is 32.7 Å². The number of benzene rings is 1. The van der Waals surface area contributed by atoms with E-state index in [-0.39, 0.29) is 25.6 Å². The van der Waals surface area contributed by atoms with Gasteiger partial charge in [-0.25, -0.2) is 13.2 Å². The van der Waals surface area contributed by atoms with Crippen LogP contribution < -0.4 is 4.74 Å². The summed E-state index contributed by atoms with van der Waals surface area (Å²) in [4.78, 5) is 11.3. The monoisotopic (exact) mass is 322 g/mol. The topological polar surface area (TPSA) is 78.9 Å². The molecule has 8 heteroatoms. The fraction of sp³-hybridized carbons (Fsp3) is 0.417. The number of hydrogen-bond acceptors (Lipinski definition) is 6. The Morgan fingerprint density at radius 1 is 1.25 bits per heavy atom. The quantitative estimate of drug-likeness (QED) is 0.409. The fourth-order valence-electron chi connectivity index (χ4n) is 1.31. The molecule has 1 rings (SSSR count). The van der Waals surface area contributed by atoms with Gasteiger partial charge >= 0.3 is 5.97 Å². The molecule has 0 heterocycles. The van der Waals surface area contributed by atoms with Crippen molar-refractivity contribution in [3.05, 3.63) is 29.8 Å². The van der Waals surface area contributed by atoms with E-state index in [9.17, 15) is 13.2 Å². The Balaban J connectivity index is 2.30. The molecule has 0 saturated heterocycles. The largest absolute Gasteiger partial charge is 0.491 e. The molecule has 0 aliphatic rings. The maximum atomic E-state index is 11.3. The number of methoxy groups -OCH3 is 1. The van der Waals surface area contributed by atoms with Gasteiger partial charge in [0.05, 0.1) is 31.6 Å². The van der Waals surface area contributed by atoms with Gasteiger partial charge in [-0.1, -0.05) is 6.07 Å². The second-order valence-electron chi connectivity index (χ2n) is 3.72. The first-order valence-electron chi connectivity index (χ1n) is 5.73. The molecule has 0 spiro atoms. The van der Waals surface area contributed by atoms with Gasteiger partial charge in [-0.3, -0.25) is 0 Å². The van der Waals surface area contributed by atoms with Gasteiger partial charge in [0.2, 0.25) is 9.05 Å². The zero-order valence-electron chi connectivity index (χ0n) is 10.9. The zero-order valence-corrected chi connectivity index (χ0v) is 12.4. The minimum Gasteiger partial charge on any atom is -0.491 e. The number of esters is 1. The summed E-state index contributed by atoms with van der Waals surface area (Å²) in [6.07, 6.45) is 0. The van der Waals surface area contributed by atoms with Crippen LogP contribution in [0.2, 0.25) is 0 Å². The summed E-state index contributed by atoms with van der Waals surface area (Å²) in [6.45, 7) is 0.458. The third-order valence-electron chi connectivity index (χ3n) is 2.22. The van der Waals surface area contributed by atoms with Crippen molar-refractivity contribution in [3.63, 3.8) is 0 Å². The lowest BCUT2D eigenvalue weighted by atomic mass is 10.2. The van der Waals surface area contributed by atoms with Gasteiger partial charge in [-0.15, -0.1) is 0 Å². The van der Waals surface area contributed by atoms with Crippen LogP contribution >= 0.6 is 10.7 Å². The van der Waals surface area contributed by atoms with Crippen LogP contribution in [0, 0.1) is 0 Å². The average molecular weight is 323 g/mol. The second-order valence-corrected chi connectivity index (χ2v) is 6.62.